The predicted octanol–water partition coefficient (Wildman–Crippen LogP) is 5.36. The predicted molar refractivity (Wildman–Crippen MR) is 123 cm³/mol. The Kier molecular flexibility index (Phi) is 7.39. The standard InChI is InChI=1S/C26H25NO5/c1-3-4-17-32-21-15-13-20(14-16-21)27(24(28)19-11-9-18(2)10-12-19)25(29)22-7-5-6-8-23(22)26(30)31/h5-16H,3-4,17H2,1-2H3,(H,30,31). The summed E-state index contributed by atoms with van der Waals surface area (Å²) in [5.41, 5.74) is 1.38. The highest BCUT2D eigenvalue weighted by molar-refractivity contribution is 6.27. The number of nitrogens with zero attached hydrogens (tertiary/aromatic N) is 1. The maximum absolute atomic E-state index is 13.5. The van der Waals surface area contributed by atoms with Crippen LogP contribution in [0, 0.1) is 6.92 Å². The number of unbranched alkanes of at least 4 members (excludes halogenated alkanes) is 1. The van der Waals surface area contributed by atoms with E-state index in [2.05, 4.69) is 6.92 Å². The molecule has 0 aromatic heterocycles. The molecule has 0 spiro atoms. The minimum absolute atomic E-state index is 0.0660. The van der Waals surface area contributed by atoms with Crippen LogP contribution in [0.4, 0.5) is 5.69 Å². The maximum atomic E-state index is 13.5. The number of anilines is 1. The number of hydrogen-bond acceptors (Lipinski definition) is 4. The van der Waals surface area contributed by atoms with Gasteiger partial charge >= 0.3 is 5.97 Å². The van der Waals surface area contributed by atoms with E-state index in [1.807, 2.05) is 6.92 Å². The zero-order valence-corrected chi connectivity index (χ0v) is 18.1. The van der Waals surface area contributed by atoms with Crippen LogP contribution < -0.4 is 9.64 Å². The number of carbonyl (C=O) groups is 3. The average molecular weight is 431 g/mol. The fourth-order valence-corrected chi connectivity index (χ4v) is 3.15. The molecule has 0 saturated carbocycles. The number of aromatic carboxylic acids is 1. The van der Waals surface area contributed by atoms with Gasteiger partial charge in [0.2, 0.25) is 0 Å². The van der Waals surface area contributed by atoms with Gasteiger partial charge in [0, 0.05) is 5.56 Å². The molecule has 0 unspecified atom stereocenters. The van der Waals surface area contributed by atoms with Gasteiger partial charge in [0.25, 0.3) is 11.8 Å². The number of carbonyl (C=O) groups excluding carboxylic acids is 2. The van der Waals surface area contributed by atoms with Crippen molar-refractivity contribution in [3.63, 3.8) is 0 Å². The van der Waals surface area contributed by atoms with Gasteiger partial charge < -0.3 is 9.84 Å². The molecule has 2 amide bonds. The van der Waals surface area contributed by atoms with Gasteiger partial charge in [0.05, 0.1) is 23.4 Å². The lowest BCUT2D eigenvalue weighted by molar-refractivity contribution is 0.0690. The molecule has 0 fully saturated rings. The lowest BCUT2D eigenvalue weighted by Gasteiger charge is -2.22. The van der Waals surface area contributed by atoms with Crippen molar-refractivity contribution >= 4 is 23.5 Å². The molecule has 32 heavy (non-hydrogen) atoms. The zero-order valence-electron chi connectivity index (χ0n) is 18.1. The quantitative estimate of drug-likeness (QED) is 0.383. The average Bonchev–Trinajstić information content (AvgIpc) is 2.80. The van der Waals surface area contributed by atoms with E-state index >= 15 is 0 Å². The number of hydrogen-bond donors (Lipinski definition) is 1. The molecule has 164 valence electrons. The van der Waals surface area contributed by atoms with Crippen molar-refractivity contribution in [1.82, 2.24) is 0 Å². The molecule has 1 N–H and O–H groups in total. The largest absolute Gasteiger partial charge is 0.494 e. The molecule has 6 heteroatoms. The van der Waals surface area contributed by atoms with Crippen LogP contribution in [0.3, 0.4) is 0 Å². The highest BCUT2D eigenvalue weighted by atomic mass is 16.5. The Morgan fingerprint density at radius 1 is 0.844 bits per heavy atom. The van der Waals surface area contributed by atoms with Gasteiger partial charge in [-0.25, -0.2) is 9.69 Å². The van der Waals surface area contributed by atoms with E-state index in [1.54, 1.807) is 54.6 Å². The van der Waals surface area contributed by atoms with E-state index in [0.29, 0.717) is 23.6 Å². The first kappa shape index (κ1) is 22.7. The fraction of sp³-hybridized carbons (Fsp3) is 0.192. The number of carboxylic acid groups (broad SMARTS) is 1. The fourth-order valence-electron chi connectivity index (χ4n) is 3.15. The summed E-state index contributed by atoms with van der Waals surface area (Å²) >= 11 is 0. The molecule has 0 radical (unpaired) electrons. The summed E-state index contributed by atoms with van der Waals surface area (Å²) in [4.78, 5) is 39.5. The lowest BCUT2D eigenvalue weighted by atomic mass is 10.0. The van der Waals surface area contributed by atoms with E-state index in [-0.39, 0.29) is 11.1 Å². The topological polar surface area (TPSA) is 83.9 Å². The number of carboxylic acids is 1. The molecule has 3 aromatic rings. The highest BCUT2D eigenvalue weighted by Crippen LogP contribution is 2.25. The van der Waals surface area contributed by atoms with Crippen LogP contribution in [0.2, 0.25) is 0 Å². The lowest BCUT2D eigenvalue weighted by Crippen LogP contribution is -2.38. The monoisotopic (exact) mass is 431 g/mol. The van der Waals surface area contributed by atoms with Gasteiger partial charge in [0.15, 0.2) is 0 Å². The van der Waals surface area contributed by atoms with Crippen LogP contribution in [0.5, 0.6) is 5.75 Å². The van der Waals surface area contributed by atoms with E-state index < -0.39 is 17.8 Å². The summed E-state index contributed by atoms with van der Waals surface area (Å²) in [6, 6.07) is 19.3. The number of aryl methyl sites for hydroxylation is 1. The van der Waals surface area contributed by atoms with Gasteiger partial charge in [-0.05, 0) is 61.9 Å². The molecule has 6 nitrogen and oxygen atoms in total. The Labute approximate surface area is 187 Å². The molecule has 3 aromatic carbocycles. The van der Waals surface area contributed by atoms with Gasteiger partial charge in [-0.1, -0.05) is 43.2 Å². The first-order chi connectivity index (χ1) is 15.4. The first-order valence-electron chi connectivity index (χ1n) is 10.4. The summed E-state index contributed by atoms with van der Waals surface area (Å²) in [5, 5.41) is 9.52. The second kappa shape index (κ2) is 10.4. The van der Waals surface area contributed by atoms with Crippen LogP contribution in [0.1, 0.15) is 56.4 Å². The normalized spacial score (nSPS) is 10.4. The molecular formula is C26H25NO5. The Bertz CT molecular complexity index is 1100. The van der Waals surface area contributed by atoms with Crippen molar-refractivity contribution in [2.45, 2.75) is 26.7 Å². The van der Waals surface area contributed by atoms with Gasteiger partial charge in [-0.15, -0.1) is 0 Å². The van der Waals surface area contributed by atoms with Gasteiger partial charge in [-0.3, -0.25) is 9.59 Å². The highest BCUT2D eigenvalue weighted by Gasteiger charge is 2.29. The minimum atomic E-state index is -1.24. The summed E-state index contributed by atoms with van der Waals surface area (Å²) in [6.07, 6.45) is 1.93. The van der Waals surface area contributed by atoms with Crippen molar-refractivity contribution in [3.8, 4) is 5.75 Å². The summed E-state index contributed by atoms with van der Waals surface area (Å²) < 4.78 is 5.67. The van der Waals surface area contributed by atoms with Crippen molar-refractivity contribution in [3.05, 3.63) is 95.1 Å². The third kappa shape index (κ3) is 5.21. The molecule has 0 heterocycles. The van der Waals surface area contributed by atoms with Crippen LogP contribution in [-0.4, -0.2) is 29.5 Å². The Morgan fingerprint density at radius 3 is 2.06 bits per heavy atom. The third-order valence-corrected chi connectivity index (χ3v) is 4.95. The number of rotatable bonds is 8. The first-order valence-corrected chi connectivity index (χ1v) is 10.4. The van der Waals surface area contributed by atoms with E-state index in [0.717, 1.165) is 23.3 Å². The molecule has 0 bridgehead atoms. The summed E-state index contributed by atoms with van der Waals surface area (Å²) in [6.45, 7) is 4.55. The molecule has 3 rings (SSSR count). The smallest absolute Gasteiger partial charge is 0.336 e. The second-order valence-electron chi connectivity index (χ2n) is 7.36. The van der Waals surface area contributed by atoms with E-state index in [1.165, 1.54) is 18.2 Å². The van der Waals surface area contributed by atoms with Gasteiger partial charge in [0.1, 0.15) is 5.75 Å². The molecular weight excluding hydrogens is 406 g/mol. The van der Waals surface area contributed by atoms with E-state index in [9.17, 15) is 19.5 Å². The molecule has 0 aliphatic rings. The molecule has 0 aliphatic heterocycles. The molecule has 0 saturated heterocycles. The Balaban J connectivity index is 2.02. The van der Waals surface area contributed by atoms with Crippen molar-refractivity contribution in [2.24, 2.45) is 0 Å². The van der Waals surface area contributed by atoms with Crippen LogP contribution in [-0.2, 0) is 0 Å². The second-order valence-corrected chi connectivity index (χ2v) is 7.36. The van der Waals surface area contributed by atoms with Crippen LogP contribution in [0.15, 0.2) is 72.8 Å². The number of imide groups is 1. The SMILES string of the molecule is CCCCOc1ccc(N(C(=O)c2ccc(C)cc2)C(=O)c2ccccc2C(=O)O)cc1. The van der Waals surface area contributed by atoms with Crippen LogP contribution >= 0.6 is 0 Å². The summed E-state index contributed by atoms with van der Waals surface area (Å²) in [5.74, 6) is -1.87. The van der Waals surface area contributed by atoms with Crippen molar-refractivity contribution < 1.29 is 24.2 Å². The Hall–Kier alpha value is -3.93. The van der Waals surface area contributed by atoms with Crippen molar-refractivity contribution in [2.75, 3.05) is 11.5 Å². The zero-order chi connectivity index (χ0) is 23.1. The maximum Gasteiger partial charge on any atom is 0.336 e. The molecule has 0 atom stereocenters. The number of benzene rings is 3. The number of ether oxygens (including phenoxy) is 1. The third-order valence-electron chi connectivity index (χ3n) is 4.95. The van der Waals surface area contributed by atoms with Crippen molar-refractivity contribution in [1.29, 1.82) is 0 Å². The van der Waals surface area contributed by atoms with Crippen LogP contribution in [0.25, 0.3) is 0 Å². The Morgan fingerprint density at radius 2 is 1.47 bits per heavy atom. The van der Waals surface area contributed by atoms with E-state index in [4.69, 9.17) is 4.74 Å². The van der Waals surface area contributed by atoms with Gasteiger partial charge in [-0.2, -0.15) is 0 Å². The minimum Gasteiger partial charge on any atom is -0.494 e. The molecule has 0 aliphatic carbocycles. The summed E-state index contributed by atoms with van der Waals surface area (Å²) in [7, 11) is 0. The number of amides is 2.